The van der Waals surface area contributed by atoms with Gasteiger partial charge in [0.25, 0.3) is 0 Å². The fourth-order valence-electron chi connectivity index (χ4n) is 2.24. The van der Waals surface area contributed by atoms with Crippen LogP contribution in [-0.2, 0) is 9.59 Å². The molecule has 0 aromatic heterocycles. The number of amides is 1. The van der Waals surface area contributed by atoms with Crippen molar-refractivity contribution in [2.75, 3.05) is 26.2 Å². The first kappa shape index (κ1) is 11.3. The van der Waals surface area contributed by atoms with E-state index in [9.17, 15) is 9.59 Å². The lowest BCUT2D eigenvalue weighted by Gasteiger charge is -2.29. The number of carbonyl (C=O) groups is 2. The highest BCUT2D eigenvalue weighted by atomic mass is 16.4. The zero-order chi connectivity index (χ0) is 11.5. The topological polar surface area (TPSA) is 81.7 Å². The van der Waals surface area contributed by atoms with Crippen LogP contribution in [0.3, 0.4) is 0 Å². The summed E-state index contributed by atoms with van der Waals surface area (Å²) in [5.74, 6) is -0.819. The monoisotopic (exact) mass is 227 g/mol. The Morgan fingerprint density at radius 3 is 2.31 bits per heavy atom. The summed E-state index contributed by atoms with van der Waals surface area (Å²) < 4.78 is 0. The van der Waals surface area contributed by atoms with Crippen molar-refractivity contribution in [3.8, 4) is 0 Å². The maximum absolute atomic E-state index is 12.0. The third kappa shape index (κ3) is 2.33. The molecule has 6 nitrogen and oxygen atoms in total. The van der Waals surface area contributed by atoms with E-state index in [2.05, 4.69) is 10.6 Å². The molecule has 0 aromatic carbocycles. The Morgan fingerprint density at radius 2 is 1.75 bits per heavy atom. The summed E-state index contributed by atoms with van der Waals surface area (Å²) in [5, 5.41) is 14.9. The molecule has 2 fully saturated rings. The largest absolute Gasteiger partial charge is 0.480 e. The molecule has 90 valence electrons. The van der Waals surface area contributed by atoms with Crippen LogP contribution in [0.2, 0.25) is 0 Å². The van der Waals surface area contributed by atoms with Crippen molar-refractivity contribution in [2.24, 2.45) is 0 Å². The molecule has 2 saturated heterocycles. The molecule has 2 aliphatic heterocycles. The summed E-state index contributed by atoms with van der Waals surface area (Å²) in [6.07, 6.45) is 1.16. The van der Waals surface area contributed by atoms with Crippen molar-refractivity contribution in [3.63, 3.8) is 0 Å². The van der Waals surface area contributed by atoms with Crippen molar-refractivity contribution in [3.05, 3.63) is 0 Å². The third-order valence-electron chi connectivity index (χ3n) is 3.17. The van der Waals surface area contributed by atoms with Gasteiger partial charge in [0, 0.05) is 26.2 Å². The Balaban J connectivity index is 1.88. The lowest BCUT2D eigenvalue weighted by Crippen LogP contribution is -2.52. The molecule has 2 heterocycles. The highest BCUT2D eigenvalue weighted by molar-refractivity contribution is 5.84. The Kier molecular flexibility index (Phi) is 3.40. The molecule has 2 atom stereocenters. The summed E-state index contributed by atoms with van der Waals surface area (Å²) in [5.41, 5.74) is 0. The molecule has 2 rings (SSSR count). The van der Waals surface area contributed by atoms with Gasteiger partial charge < -0.3 is 15.3 Å². The smallest absolute Gasteiger partial charge is 0.320 e. The minimum Gasteiger partial charge on any atom is -0.480 e. The number of carboxylic acid groups (broad SMARTS) is 1. The van der Waals surface area contributed by atoms with Gasteiger partial charge in [-0.05, 0) is 12.8 Å². The Labute approximate surface area is 94.0 Å². The van der Waals surface area contributed by atoms with Gasteiger partial charge in [0.2, 0.25) is 5.91 Å². The first-order chi connectivity index (χ1) is 7.68. The van der Waals surface area contributed by atoms with E-state index in [1.165, 1.54) is 0 Å². The van der Waals surface area contributed by atoms with Crippen LogP contribution >= 0.6 is 0 Å². The second-order valence-corrected chi connectivity index (χ2v) is 4.26. The van der Waals surface area contributed by atoms with Gasteiger partial charge in [0.15, 0.2) is 0 Å². The highest BCUT2D eigenvalue weighted by Crippen LogP contribution is 2.15. The van der Waals surface area contributed by atoms with Gasteiger partial charge in [-0.2, -0.15) is 0 Å². The van der Waals surface area contributed by atoms with Crippen LogP contribution in [0.4, 0.5) is 0 Å². The molecule has 3 N–H and O–H groups in total. The number of nitrogens with one attached hydrogen (secondary N) is 2. The Bertz CT molecular complexity index is 289. The van der Waals surface area contributed by atoms with E-state index in [-0.39, 0.29) is 11.9 Å². The average Bonchev–Trinajstić information content (AvgIpc) is 2.78. The van der Waals surface area contributed by atoms with Crippen molar-refractivity contribution in [1.29, 1.82) is 0 Å². The van der Waals surface area contributed by atoms with E-state index < -0.39 is 12.0 Å². The lowest BCUT2D eigenvalue weighted by atomic mass is 10.1. The van der Waals surface area contributed by atoms with Crippen LogP contribution in [-0.4, -0.2) is 60.1 Å². The average molecular weight is 227 g/mol. The lowest BCUT2D eigenvalue weighted by molar-refractivity contribution is -0.139. The van der Waals surface area contributed by atoms with Crippen molar-refractivity contribution in [1.82, 2.24) is 15.5 Å². The van der Waals surface area contributed by atoms with E-state index in [1.54, 1.807) is 4.90 Å². The summed E-state index contributed by atoms with van der Waals surface area (Å²) >= 11 is 0. The highest BCUT2D eigenvalue weighted by Gasteiger charge is 2.35. The number of hydrogen-bond donors (Lipinski definition) is 3. The Hall–Kier alpha value is -1.14. The molecule has 2 aliphatic rings. The number of carbonyl (C=O) groups excluding carboxylic acids is 1. The van der Waals surface area contributed by atoms with Crippen molar-refractivity contribution < 1.29 is 14.7 Å². The standard InChI is InChI=1S/C10H17N3O3/c14-9(13-5-3-11-4-6-13)7-1-2-8(12-7)10(15)16/h7-8,11-12H,1-6H2,(H,15,16)/t7-,8-/m0/s1. The molecule has 0 aliphatic carbocycles. The predicted molar refractivity (Wildman–Crippen MR) is 57.0 cm³/mol. The number of aliphatic carboxylic acids is 1. The van der Waals surface area contributed by atoms with E-state index in [0.29, 0.717) is 12.8 Å². The van der Waals surface area contributed by atoms with Crippen LogP contribution in [0.5, 0.6) is 0 Å². The van der Waals surface area contributed by atoms with E-state index in [1.807, 2.05) is 0 Å². The molecule has 0 unspecified atom stereocenters. The zero-order valence-corrected chi connectivity index (χ0v) is 9.11. The van der Waals surface area contributed by atoms with Gasteiger partial charge in [-0.1, -0.05) is 0 Å². The molecule has 16 heavy (non-hydrogen) atoms. The second-order valence-electron chi connectivity index (χ2n) is 4.26. The first-order valence-corrected chi connectivity index (χ1v) is 5.67. The van der Waals surface area contributed by atoms with Crippen molar-refractivity contribution >= 4 is 11.9 Å². The van der Waals surface area contributed by atoms with E-state index in [4.69, 9.17) is 5.11 Å². The van der Waals surface area contributed by atoms with Crippen LogP contribution in [0, 0.1) is 0 Å². The molecule has 0 aromatic rings. The minimum atomic E-state index is -0.865. The van der Waals surface area contributed by atoms with Gasteiger partial charge >= 0.3 is 5.97 Å². The molecule has 0 bridgehead atoms. The van der Waals surface area contributed by atoms with Crippen LogP contribution in [0.15, 0.2) is 0 Å². The van der Waals surface area contributed by atoms with Gasteiger partial charge in [-0.15, -0.1) is 0 Å². The van der Waals surface area contributed by atoms with Crippen LogP contribution in [0.25, 0.3) is 0 Å². The van der Waals surface area contributed by atoms with Gasteiger partial charge in [0.05, 0.1) is 6.04 Å². The van der Waals surface area contributed by atoms with Gasteiger partial charge in [0.1, 0.15) is 6.04 Å². The zero-order valence-electron chi connectivity index (χ0n) is 9.11. The quantitative estimate of drug-likeness (QED) is 0.542. The first-order valence-electron chi connectivity index (χ1n) is 5.67. The number of rotatable bonds is 2. The Morgan fingerprint density at radius 1 is 1.12 bits per heavy atom. The fraction of sp³-hybridized carbons (Fsp3) is 0.800. The molecule has 0 spiro atoms. The van der Waals surface area contributed by atoms with E-state index >= 15 is 0 Å². The van der Waals surface area contributed by atoms with E-state index in [0.717, 1.165) is 26.2 Å². The van der Waals surface area contributed by atoms with Gasteiger partial charge in [-0.3, -0.25) is 14.9 Å². The number of carboxylic acids is 1. The molecule has 0 saturated carbocycles. The molecule has 1 amide bonds. The normalized spacial score (nSPS) is 30.4. The number of piperazine rings is 1. The number of nitrogens with zero attached hydrogens (tertiary/aromatic N) is 1. The fourth-order valence-corrected chi connectivity index (χ4v) is 2.24. The maximum atomic E-state index is 12.0. The van der Waals surface area contributed by atoms with Crippen LogP contribution in [0.1, 0.15) is 12.8 Å². The summed E-state index contributed by atoms with van der Waals surface area (Å²) in [7, 11) is 0. The SMILES string of the molecule is O=C(O)[C@@H]1CC[C@@H](C(=O)N2CCNCC2)N1. The third-order valence-corrected chi connectivity index (χ3v) is 3.17. The summed E-state index contributed by atoms with van der Waals surface area (Å²) in [6, 6.07) is -0.865. The summed E-state index contributed by atoms with van der Waals surface area (Å²) in [6.45, 7) is 3.07. The molecular formula is C10H17N3O3. The predicted octanol–water partition coefficient (Wildman–Crippen LogP) is -1.38. The minimum absolute atomic E-state index is 0.0465. The van der Waals surface area contributed by atoms with Crippen molar-refractivity contribution in [2.45, 2.75) is 24.9 Å². The second kappa shape index (κ2) is 4.80. The molecular weight excluding hydrogens is 210 g/mol. The van der Waals surface area contributed by atoms with Gasteiger partial charge in [-0.25, -0.2) is 0 Å². The molecule has 0 radical (unpaired) electrons. The number of hydrogen-bond acceptors (Lipinski definition) is 4. The maximum Gasteiger partial charge on any atom is 0.320 e. The van der Waals surface area contributed by atoms with Crippen LogP contribution < -0.4 is 10.6 Å². The molecule has 6 heteroatoms. The summed E-state index contributed by atoms with van der Waals surface area (Å²) in [4.78, 5) is 24.6.